The third kappa shape index (κ3) is 5.94. The van der Waals surface area contributed by atoms with Gasteiger partial charge in [0.1, 0.15) is 12.4 Å². The molecule has 0 spiro atoms. The fourth-order valence-corrected chi connectivity index (χ4v) is 4.31. The number of aryl methyl sites for hydroxylation is 1. The lowest BCUT2D eigenvalue weighted by Gasteiger charge is -2.14. The Morgan fingerprint density at radius 2 is 1.50 bits per heavy atom. The molecule has 0 saturated heterocycles. The van der Waals surface area contributed by atoms with Gasteiger partial charge >= 0.3 is 0 Å². The monoisotopic (exact) mass is 519 g/mol. The second-order valence-electron chi connectivity index (χ2n) is 8.44. The predicted molar refractivity (Wildman–Crippen MR) is 145 cm³/mol. The van der Waals surface area contributed by atoms with Crippen LogP contribution in [0.15, 0.2) is 60.7 Å². The van der Waals surface area contributed by atoms with E-state index in [0.29, 0.717) is 66.8 Å². The number of fused-ring (bicyclic) bond motifs is 1. The Morgan fingerprint density at radius 3 is 2.18 bits per heavy atom. The molecule has 9 nitrogen and oxygen atoms in total. The van der Waals surface area contributed by atoms with Crippen LogP contribution in [0.2, 0.25) is 0 Å². The van der Waals surface area contributed by atoms with Gasteiger partial charge in [-0.1, -0.05) is 24.3 Å². The van der Waals surface area contributed by atoms with Gasteiger partial charge in [0.25, 0.3) is 5.91 Å². The summed E-state index contributed by atoms with van der Waals surface area (Å²) in [6.07, 6.45) is 1.41. The van der Waals surface area contributed by atoms with Crippen LogP contribution >= 0.6 is 0 Å². The van der Waals surface area contributed by atoms with Gasteiger partial charge in [-0.05, 0) is 42.8 Å². The summed E-state index contributed by atoms with van der Waals surface area (Å²) in [5.41, 5.74) is 2.41. The van der Waals surface area contributed by atoms with E-state index in [-0.39, 0.29) is 5.91 Å². The van der Waals surface area contributed by atoms with Crippen molar-refractivity contribution in [2.45, 2.75) is 19.4 Å². The van der Waals surface area contributed by atoms with Crippen LogP contribution in [0.4, 0.5) is 0 Å². The second kappa shape index (κ2) is 12.7. The van der Waals surface area contributed by atoms with E-state index in [1.807, 2.05) is 42.5 Å². The zero-order valence-electron chi connectivity index (χ0n) is 22.2. The molecule has 0 atom stereocenters. The van der Waals surface area contributed by atoms with Crippen LogP contribution < -0.4 is 29.0 Å². The van der Waals surface area contributed by atoms with Crippen molar-refractivity contribution in [3.8, 4) is 28.7 Å². The normalized spacial score (nSPS) is 10.7. The summed E-state index contributed by atoms with van der Waals surface area (Å²) in [6, 6.07) is 18.9. The third-order valence-corrected chi connectivity index (χ3v) is 6.16. The summed E-state index contributed by atoms with van der Waals surface area (Å²) in [5.74, 6) is 3.43. The predicted octanol–water partition coefficient (Wildman–Crippen LogP) is 4.51. The first-order valence-corrected chi connectivity index (χ1v) is 12.4. The van der Waals surface area contributed by atoms with E-state index in [0.717, 1.165) is 16.9 Å². The average Bonchev–Trinajstić information content (AvgIpc) is 3.31. The summed E-state index contributed by atoms with van der Waals surface area (Å²) in [4.78, 5) is 17.7. The van der Waals surface area contributed by atoms with E-state index in [4.69, 9.17) is 28.7 Å². The Labute approximate surface area is 222 Å². The maximum atomic E-state index is 12.8. The molecular formula is C29H33N3O6. The van der Waals surface area contributed by atoms with Gasteiger partial charge in [0.2, 0.25) is 5.75 Å². The second-order valence-corrected chi connectivity index (χ2v) is 8.44. The van der Waals surface area contributed by atoms with Crippen LogP contribution in [-0.2, 0) is 13.0 Å². The van der Waals surface area contributed by atoms with Gasteiger partial charge in [0, 0.05) is 18.5 Å². The van der Waals surface area contributed by atoms with E-state index in [1.54, 1.807) is 19.2 Å². The molecule has 9 heteroatoms. The zero-order chi connectivity index (χ0) is 26.9. The van der Waals surface area contributed by atoms with Crippen LogP contribution in [0.25, 0.3) is 11.0 Å². The Kier molecular flexibility index (Phi) is 8.92. The smallest absolute Gasteiger partial charge is 0.251 e. The van der Waals surface area contributed by atoms with Crippen molar-refractivity contribution in [3.05, 3.63) is 72.1 Å². The summed E-state index contributed by atoms with van der Waals surface area (Å²) in [6.45, 7) is 1.58. The Balaban J connectivity index is 1.39. The third-order valence-electron chi connectivity index (χ3n) is 6.16. The first kappa shape index (κ1) is 26.7. The fourth-order valence-electron chi connectivity index (χ4n) is 4.31. The van der Waals surface area contributed by atoms with Crippen molar-refractivity contribution in [2.75, 3.05) is 41.6 Å². The van der Waals surface area contributed by atoms with Crippen LogP contribution in [0.1, 0.15) is 22.6 Å². The molecule has 0 aliphatic carbocycles. The minimum Gasteiger partial charge on any atom is -0.493 e. The zero-order valence-corrected chi connectivity index (χ0v) is 22.2. The summed E-state index contributed by atoms with van der Waals surface area (Å²) < 4.78 is 29.6. The molecule has 0 unspecified atom stereocenters. The number of imidazole rings is 1. The number of ether oxygens (including phenoxy) is 5. The van der Waals surface area contributed by atoms with Gasteiger partial charge < -0.3 is 33.6 Å². The maximum Gasteiger partial charge on any atom is 0.251 e. The quantitative estimate of drug-likeness (QED) is 0.260. The lowest BCUT2D eigenvalue weighted by molar-refractivity contribution is 0.0952. The maximum absolute atomic E-state index is 12.8. The SMILES string of the molecule is COc1ccccc1OCCn1c(CCCNC(=O)c2cc(OC)c(OC)c(OC)c2)nc2ccccc21. The standard InChI is InChI=1S/C29H33N3O6/c1-34-23-12-7-8-13-24(23)38-17-16-32-22-11-6-5-10-21(22)31-27(32)14-9-15-30-29(33)20-18-25(35-2)28(37-4)26(19-20)36-3/h5-8,10-13,18-19H,9,14-17H2,1-4H3,(H,30,33). The van der Waals surface area contributed by atoms with Crippen LogP contribution in [0.3, 0.4) is 0 Å². The number of carbonyl (C=O) groups is 1. The molecule has 1 aromatic heterocycles. The minimum atomic E-state index is -0.219. The molecule has 38 heavy (non-hydrogen) atoms. The van der Waals surface area contributed by atoms with Crippen molar-refractivity contribution in [1.82, 2.24) is 14.9 Å². The molecule has 4 rings (SSSR count). The van der Waals surface area contributed by atoms with Gasteiger partial charge in [0.15, 0.2) is 23.0 Å². The molecule has 0 radical (unpaired) electrons. The Hall–Kier alpha value is -4.40. The molecule has 1 N–H and O–H groups in total. The van der Waals surface area contributed by atoms with Gasteiger partial charge in [0.05, 0.1) is 46.0 Å². The molecule has 4 aromatic rings. The van der Waals surface area contributed by atoms with Crippen molar-refractivity contribution in [1.29, 1.82) is 0 Å². The molecule has 0 saturated carbocycles. The molecule has 0 aliphatic heterocycles. The number of amides is 1. The van der Waals surface area contributed by atoms with Crippen LogP contribution in [0.5, 0.6) is 28.7 Å². The summed E-state index contributed by atoms with van der Waals surface area (Å²) in [7, 11) is 6.20. The van der Waals surface area contributed by atoms with E-state index < -0.39 is 0 Å². The number of para-hydroxylation sites is 4. The number of nitrogens with one attached hydrogen (secondary N) is 1. The van der Waals surface area contributed by atoms with Crippen molar-refractivity contribution < 1.29 is 28.5 Å². The molecule has 0 bridgehead atoms. The highest BCUT2D eigenvalue weighted by Crippen LogP contribution is 2.38. The van der Waals surface area contributed by atoms with Crippen molar-refractivity contribution in [2.24, 2.45) is 0 Å². The lowest BCUT2D eigenvalue weighted by atomic mass is 10.1. The number of rotatable bonds is 13. The molecule has 0 fully saturated rings. The summed E-state index contributed by atoms with van der Waals surface area (Å²) >= 11 is 0. The van der Waals surface area contributed by atoms with Crippen LogP contribution in [-0.4, -0.2) is 57.0 Å². The highest BCUT2D eigenvalue weighted by molar-refractivity contribution is 5.95. The van der Waals surface area contributed by atoms with Gasteiger partial charge in [-0.25, -0.2) is 4.98 Å². The minimum absolute atomic E-state index is 0.219. The first-order valence-electron chi connectivity index (χ1n) is 12.4. The molecule has 1 heterocycles. The first-order chi connectivity index (χ1) is 18.6. The number of aromatic nitrogens is 2. The largest absolute Gasteiger partial charge is 0.493 e. The molecule has 200 valence electrons. The van der Waals surface area contributed by atoms with Crippen LogP contribution in [0, 0.1) is 0 Å². The molecule has 0 aliphatic rings. The Morgan fingerprint density at radius 1 is 0.842 bits per heavy atom. The Bertz CT molecular complexity index is 1360. The number of methoxy groups -OCH3 is 4. The fraction of sp³-hybridized carbons (Fsp3) is 0.310. The lowest BCUT2D eigenvalue weighted by Crippen LogP contribution is -2.25. The number of benzene rings is 3. The molecule has 3 aromatic carbocycles. The number of hydrogen-bond acceptors (Lipinski definition) is 7. The number of carbonyl (C=O) groups excluding carboxylic acids is 1. The molecule has 1 amide bonds. The van der Waals surface area contributed by atoms with Gasteiger partial charge in [-0.2, -0.15) is 0 Å². The van der Waals surface area contributed by atoms with E-state index in [9.17, 15) is 4.79 Å². The van der Waals surface area contributed by atoms with E-state index in [2.05, 4.69) is 16.0 Å². The highest BCUT2D eigenvalue weighted by atomic mass is 16.5. The van der Waals surface area contributed by atoms with E-state index in [1.165, 1.54) is 21.3 Å². The van der Waals surface area contributed by atoms with E-state index >= 15 is 0 Å². The average molecular weight is 520 g/mol. The number of hydrogen-bond donors (Lipinski definition) is 1. The topological polar surface area (TPSA) is 93.1 Å². The van der Waals surface area contributed by atoms with Crippen molar-refractivity contribution in [3.63, 3.8) is 0 Å². The molecular weight excluding hydrogens is 486 g/mol. The highest BCUT2D eigenvalue weighted by Gasteiger charge is 2.17. The number of nitrogens with zero attached hydrogens (tertiary/aromatic N) is 2. The van der Waals surface area contributed by atoms with Crippen molar-refractivity contribution >= 4 is 16.9 Å². The summed E-state index contributed by atoms with van der Waals surface area (Å²) in [5, 5.41) is 2.97. The van der Waals surface area contributed by atoms with Gasteiger partial charge in [-0.15, -0.1) is 0 Å². The van der Waals surface area contributed by atoms with Gasteiger partial charge in [-0.3, -0.25) is 4.79 Å².